The van der Waals surface area contributed by atoms with E-state index < -0.39 is 6.10 Å². The van der Waals surface area contributed by atoms with E-state index in [0.717, 1.165) is 12.8 Å². The van der Waals surface area contributed by atoms with Crippen molar-refractivity contribution in [1.29, 1.82) is 0 Å². The molecule has 3 heteroatoms. The quantitative estimate of drug-likeness (QED) is 0.684. The van der Waals surface area contributed by atoms with Crippen molar-refractivity contribution >= 4 is 5.78 Å². The van der Waals surface area contributed by atoms with Crippen LogP contribution in [0.15, 0.2) is 30.3 Å². The molecule has 1 aromatic carbocycles. The van der Waals surface area contributed by atoms with Crippen LogP contribution in [0.2, 0.25) is 0 Å². The van der Waals surface area contributed by atoms with E-state index in [1.54, 1.807) is 24.3 Å². The average Bonchev–Trinajstić information content (AvgIpc) is 2.25. The molecule has 82 valence electrons. The van der Waals surface area contributed by atoms with Gasteiger partial charge in [0.1, 0.15) is 11.9 Å². The first-order chi connectivity index (χ1) is 7.20. The van der Waals surface area contributed by atoms with Crippen molar-refractivity contribution in [1.82, 2.24) is 0 Å². The highest BCUT2D eigenvalue weighted by molar-refractivity contribution is 5.83. The maximum absolute atomic E-state index is 10.5. The molecule has 0 heterocycles. The Labute approximate surface area is 89.4 Å². The first kappa shape index (κ1) is 11.7. The predicted octanol–water partition coefficient (Wildman–Crippen LogP) is 1.88. The molecule has 0 saturated heterocycles. The van der Waals surface area contributed by atoms with Crippen molar-refractivity contribution in [2.45, 2.75) is 31.8 Å². The van der Waals surface area contributed by atoms with Crippen molar-refractivity contribution in [3.63, 3.8) is 0 Å². The van der Waals surface area contributed by atoms with E-state index in [9.17, 15) is 4.79 Å². The second-order valence-electron chi connectivity index (χ2n) is 3.56. The lowest BCUT2D eigenvalue weighted by atomic mass is 9.97. The summed E-state index contributed by atoms with van der Waals surface area (Å²) < 4.78 is 0. The Morgan fingerprint density at radius 2 is 1.80 bits per heavy atom. The van der Waals surface area contributed by atoms with Crippen molar-refractivity contribution in [3.8, 4) is 5.75 Å². The van der Waals surface area contributed by atoms with E-state index in [1.807, 2.05) is 6.07 Å². The van der Waals surface area contributed by atoms with Crippen LogP contribution in [0.1, 0.15) is 25.7 Å². The molecule has 1 aliphatic rings. The minimum absolute atomic E-state index is 0.0243. The van der Waals surface area contributed by atoms with Gasteiger partial charge in [0, 0.05) is 6.42 Å². The van der Waals surface area contributed by atoms with Gasteiger partial charge in [-0.3, -0.25) is 4.79 Å². The summed E-state index contributed by atoms with van der Waals surface area (Å²) in [6.45, 7) is 0. The van der Waals surface area contributed by atoms with E-state index in [4.69, 9.17) is 10.2 Å². The SMILES string of the molecule is O=C1CCCCC1O.Oc1ccccc1. The molecule has 2 rings (SSSR count). The molecule has 0 aliphatic heterocycles. The lowest BCUT2D eigenvalue weighted by molar-refractivity contribution is -0.129. The second kappa shape index (κ2) is 6.19. The van der Waals surface area contributed by atoms with Crippen LogP contribution in [0.5, 0.6) is 5.75 Å². The first-order valence-corrected chi connectivity index (χ1v) is 5.15. The summed E-state index contributed by atoms with van der Waals surface area (Å²) in [6.07, 6.45) is 2.60. The Morgan fingerprint density at radius 3 is 2.13 bits per heavy atom. The first-order valence-electron chi connectivity index (χ1n) is 5.15. The fraction of sp³-hybridized carbons (Fsp3) is 0.417. The normalized spacial score (nSPS) is 20.3. The van der Waals surface area contributed by atoms with Crippen LogP contribution in [0.25, 0.3) is 0 Å². The number of aromatic hydroxyl groups is 1. The van der Waals surface area contributed by atoms with Gasteiger partial charge in [-0.05, 0) is 31.4 Å². The number of rotatable bonds is 0. The lowest BCUT2D eigenvalue weighted by Gasteiger charge is -2.13. The molecule has 1 saturated carbocycles. The Balaban J connectivity index is 0.000000151. The van der Waals surface area contributed by atoms with Crippen LogP contribution in [0.3, 0.4) is 0 Å². The molecule has 1 aromatic rings. The van der Waals surface area contributed by atoms with E-state index in [1.165, 1.54) is 0 Å². The van der Waals surface area contributed by atoms with Crippen LogP contribution < -0.4 is 0 Å². The number of Topliss-reactive ketones (excluding diaryl/α,β-unsaturated/α-hetero) is 1. The van der Waals surface area contributed by atoms with E-state index in [-0.39, 0.29) is 5.78 Å². The molecule has 0 spiro atoms. The van der Waals surface area contributed by atoms with E-state index in [0.29, 0.717) is 18.6 Å². The van der Waals surface area contributed by atoms with Gasteiger partial charge in [0.25, 0.3) is 0 Å². The zero-order valence-corrected chi connectivity index (χ0v) is 8.60. The Hall–Kier alpha value is -1.35. The highest BCUT2D eigenvalue weighted by Crippen LogP contribution is 2.13. The van der Waals surface area contributed by atoms with Crippen LogP contribution in [0, 0.1) is 0 Å². The number of hydrogen-bond donors (Lipinski definition) is 2. The highest BCUT2D eigenvalue weighted by atomic mass is 16.3. The van der Waals surface area contributed by atoms with E-state index >= 15 is 0 Å². The second-order valence-corrected chi connectivity index (χ2v) is 3.56. The molecule has 1 fully saturated rings. The van der Waals surface area contributed by atoms with Crippen molar-refractivity contribution in [3.05, 3.63) is 30.3 Å². The minimum atomic E-state index is -0.635. The summed E-state index contributed by atoms with van der Waals surface area (Å²) in [4.78, 5) is 10.5. The van der Waals surface area contributed by atoms with Gasteiger partial charge in [-0.15, -0.1) is 0 Å². The summed E-state index contributed by atoms with van der Waals surface area (Å²) in [5.74, 6) is 0.346. The van der Waals surface area contributed by atoms with Gasteiger partial charge in [0.15, 0.2) is 5.78 Å². The lowest BCUT2D eigenvalue weighted by Crippen LogP contribution is -2.23. The summed E-state index contributed by atoms with van der Waals surface area (Å²) in [5, 5.41) is 17.5. The number of phenolic OH excluding ortho intramolecular Hbond substituents is 1. The van der Waals surface area contributed by atoms with Crippen LogP contribution in [0.4, 0.5) is 0 Å². The fourth-order valence-electron chi connectivity index (χ4n) is 1.39. The van der Waals surface area contributed by atoms with Gasteiger partial charge in [-0.2, -0.15) is 0 Å². The third-order valence-electron chi connectivity index (χ3n) is 2.28. The van der Waals surface area contributed by atoms with Crippen LogP contribution >= 0.6 is 0 Å². The van der Waals surface area contributed by atoms with Gasteiger partial charge >= 0.3 is 0 Å². The Kier molecular flexibility index (Phi) is 4.84. The molecule has 15 heavy (non-hydrogen) atoms. The third kappa shape index (κ3) is 4.61. The molecular formula is C12H16O3. The minimum Gasteiger partial charge on any atom is -0.508 e. The monoisotopic (exact) mass is 208 g/mol. The fourth-order valence-corrected chi connectivity index (χ4v) is 1.39. The van der Waals surface area contributed by atoms with Crippen LogP contribution in [-0.2, 0) is 4.79 Å². The number of hydrogen-bond acceptors (Lipinski definition) is 3. The van der Waals surface area contributed by atoms with Crippen molar-refractivity contribution in [2.75, 3.05) is 0 Å². The summed E-state index contributed by atoms with van der Waals surface area (Å²) >= 11 is 0. The molecular weight excluding hydrogens is 192 g/mol. The highest BCUT2D eigenvalue weighted by Gasteiger charge is 2.18. The number of benzene rings is 1. The largest absolute Gasteiger partial charge is 0.508 e. The maximum atomic E-state index is 10.5. The molecule has 3 nitrogen and oxygen atoms in total. The average molecular weight is 208 g/mol. The van der Waals surface area contributed by atoms with Gasteiger partial charge in [0.2, 0.25) is 0 Å². The molecule has 0 bridgehead atoms. The predicted molar refractivity (Wildman–Crippen MR) is 57.6 cm³/mol. The molecule has 1 aliphatic carbocycles. The number of carbonyl (C=O) groups is 1. The number of aliphatic hydroxyl groups excluding tert-OH is 1. The molecule has 0 aromatic heterocycles. The van der Waals surface area contributed by atoms with Gasteiger partial charge in [0.05, 0.1) is 0 Å². The number of phenols is 1. The number of aliphatic hydroxyl groups is 1. The summed E-state index contributed by atoms with van der Waals surface area (Å²) in [7, 11) is 0. The van der Waals surface area contributed by atoms with Crippen molar-refractivity contribution in [2.24, 2.45) is 0 Å². The molecule has 1 unspecified atom stereocenters. The van der Waals surface area contributed by atoms with E-state index in [2.05, 4.69) is 0 Å². The van der Waals surface area contributed by atoms with Gasteiger partial charge in [-0.1, -0.05) is 18.2 Å². The number of carbonyl (C=O) groups excluding carboxylic acids is 1. The third-order valence-corrected chi connectivity index (χ3v) is 2.28. The standard InChI is InChI=1S/C6H10O2.C6H6O/c7-5-3-1-2-4-6(5)8;7-6-4-2-1-3-5-6/h5,7H,1-4H2;1-5,7H. The zero-order chi connectivity index (χ0) is 11.1. The molecule has 0 amide bonds. The summed E-state index contributed by atoms with van der Waals surface area (Å²) in [5.41, 5.74) is 0. The summed E-state index contributed by atoms with van der Waals surface area (Å²) in [6, 6.07) is 8.71. The maximum Gasteiger partial charge on any atom is 0.161 e. The zero-order valence-electron chi connectivity index (χ0n) is 8.60. The van der Waals surface area contributed by atoms with Gasteiger partial charge < -0.3 is 10.2 Å². The van der Waals surface area contributed by atoms with Crippen molar-refractivity contribution < 1.29 is 15.0 Å². The molecule has 1 atom stereocenters. The Bertz CT molecular complexity index is 295. The Morgan fingerprint density at radius 1 is 1.13 bits per heavy atom. The van der Waals surface area contributed by atoms with Crippen LogP contribution in [-0.4, -0.2) is 22.1 Å². The molecule has 2 N–H and O–H groups in total. The van der Waals surface area contributed by atoms with Gasteiger partial charge in [-0.25, -0.2) is 0 Å². The number of para-hydroxylation sites is 1. The topological polar surface area (TPSA) is 57.5 Å². The number of ketones is 1. The molecule has 0 radical (unpaired) electrons. The smallest absolute Gasteiger partial charge is 0.161 e.